The second-order valence-electron chi connectivity index (χ2n) is 4.12. The number of hydrogen-bond donors (Lipinski definition) is 4. The Labute approximate surface area is 126 Å². The highest BCUT2D eigenvalue weighted by Gasteiger charge is 2.22. The van der Waals surface area contributed by atoms with Gasteiger partial charge in [0, 0.05) is 24.7 Å². The predicted molar refractivity (Wildman–Crippen MR) is 82.8 cm³/mol. The molecule has 108 valence electrons. The SMILES string of the molecule is Cl.NN1CN=C(NC(=O)C2=CNCCS2)c2cc[nH]c21. The zero-order valence-electron chi connectivity index (χ0n) is 10.5. The van der Waals surface area contributed by atoms with Crippen LogP contribution in [0.15, 0.2) is 28.4 Å². The van der Waals surface area contributed by atoms with Crippen molar-refractivity contribution < 1.29 is 4.79 Å². The number of nitrogens with two attached hydrogens (primary N) is 1. The number of halogens is 1. The summed E-state index contributed by atoms with van der Waals surface area (Å²) < 4.78 is 0. The summed E-state index contributed by atoms with van der Waals surface area (Å²) >= 11 is 1.53. The van der Waals surface area contributed by atoms with Crippen molar-refractivity contribution in [1.29, 1.82) is 0 Å². The monoisotopic (exact) mass is 314 g/mol. The number of hydrazine groups is 1. The summed E-state index contributed by atoms with van der Waals surface area (Å²) in [6.07, 6.45) is 3.51. The van der Waals surface area contributed by atoms with Crippen LogP contribution in [-0.2, 0) is 4.79 Å². The molecule has 20 heavy (non-hydrogen) atoms. The van der Waals surface area contributed by atoms with E-state index in [-0.39, 0.29) is 18.3 Å². The van der Waals surface area contributed by atoms with E-state index in [9.17, 15) is 4.79 Å². The number of hydrogen-bond acceptors (Lipinski definition) is 6. The normalized spacial score (nSPS) is 17.1. The number of anilines is 1. The number of aromatic amines is 1. The average molecular weight is 315 g/mol. The maximum atomic E-state index is 12.1. The van der Waals surface area contributed by atoms with E-state index in [1.165, 1.54) is 16.8 Å². The highest BCUT2D eigenvalue weighted by molar-refractivity contribution is 8.04. The topological polar surface area (TPSA) is 98.5 Å². The molecule has 1 aromatic rings. The van der Waals surface area contributed by atoms with Gasteiger partial charge in [0.15, 0.2) is 0 Å². The van der Waals surface area contributed by atoms with Gasteiger partial charge in [-0.05, 0) is 6.07 Å². The minimum Gasteiger partial charge on any atom is -0.389 e. The Morgan fingerprint density at radius 3 is 3.15 bits per heavy atom. The number of amidine groups is 1. The summed E-state index contributed by atoms with van der Waals surface area (Å²) in [4.78, 5) is 20.1. The molecular weight excluding hydrogens is 300 g/mol. The molecule has 0 saturated heterocycles. The third kappa shape index (κ3) is 2.77. The average Bonchev–Trinajstić information content (AvgIpc) is 2.93. The van der Waals surface area contributed by atoms with Crippen molar-refractivity contribution in [1.82, 2.24) is 15.6 Å². The molecule has 0 spiro atoms. The highest BCUT2D eigenvalue weighted by Crippen LogP contribution is 2.21. The smallest absolute Gasteiger partial charge is 0.264 e. The Balaban J connectivity index is 0.00000147. The van der Waals surface area contributed by atoms with Crippen molar-refractivity contribution in [2.45, 2.75) is 0 Å². The van der Waals surface area contributed by atoms with E-state index in [0.29, 0.717) is 17.4 Å². The zero-order chi connectivity index (χ0) is 13.2. The number of thioether (sulfide) groups is 1. The first-order valence-electron chi connectivity index (χ1n) is 5.88. The molecule has 1 aromatic heterocycles. The fourth-order valence-corrected chi connectivity index (χ4v) is 2.71. The summed E-state index contributed by atoms with van der Waals surface area (Å²) in [6, 6.07) is 1.84. The van der Waals surface area contributed by atoms with Crippen molar-refractivity contribution in [2.75, 3.05) is 24.0 Å². The van der Waals surface area contributed by atoms with Crippen LogP contribution in [0.5, 0.6) is 0 Å². The number of aliphatic imine (C=N–C) groups is 1. The number of amides is 1. The standard InChI is InChI=1S/C11H14N6OS.ClH/c12-17-6-15-9(7-1-2-14-10(7)17)16-11(18)8-5-13-3-4-19-8;/h1-2,5,13-14H,3-4,6,12H2,(H,15,16,18);1H. The fraction of sp³-hybridized carbons (Fsp3) is 0.273. The van der Waals surface area contributed by atoms with Crippen molar-refractivity contribution in [3.63, 3.8) is 0 Å². The number of nitrogens with zero attached hydrogens (tertiary/aromatic N) is 2. The van der Waals surface area contributed by atoms with Gasteiger partial charge in [-0.3, -0.25) is 9.80 Å². The number of aromatic nitrogens is 1. The molecule has 2 aliphatic heterocycles. The van der Waals surface area contributed by atoms with E-state index < -0.39 is 0 Å². The van der Waals surface area contributed by atoms with Crippen molar-refractivity contribution >= 4 is 41.7 Å². The number of nitrogens with one attached hydrogen (secondary N) is 3. The zero-order valence-corrected chi connectivity index (χ0v) is 12.2. The van der Waals surface area contributed by atoms with Gasteiger partial charge in [0.25, 0.3) is 5.91 Å². The van der Waals surface area contributed by atoms with Crippen LogP contribution in [-0.4, -0.2) is 35.7 Å². The van der Waals surface area contributed by atoms with E-state index in [1.807, 2.05) is 6.07 Å². The molecule has 0 atom stereocenters. The summed E-state index contributed by atoms with van der Waals surface area (Å²) in [5.74, 6) is 7.83. The van der Waals surface area contributed by atoms with Crippen LogP contribution in [0, 0.1) is 0 Å². The Hall–Kier alpha value is -1.64. The highest BCUT2D eigenvalue weighted by atomic mass is 35.5. The van der Waals surface area contributed by atoms with Crippen LogP contribution in [0.1, 0.15) is 5.56 Å². The minimum atomic E-state index is -0.145. The van der Waals surface area contributed by atoms with Gasteiger partial charge in [-0.15, -0.1) is 24.2 Å². The van der Waals surface area contributed by atoms with Crippen LogP contribution < -0.4 is 21.5 Å². The summed E-state index contributed by atoms with van der Waals surface area (Å²) in [5.41, 5.74) is 0.802. The van der Waals surface area contributed by atoms with Gasteiger partial charge < -0.3 is 15.6 Å². The Morgan fingerprint density at radius 1 is 1.55 bits per heavy atom. The van der Waals surface area contributed by atoms with Gasteiger partial charge in [-0.1, -0.05) is 0 Å². The summed E-state index contributed by atoms with van der Waals surface area (Å²) in [7, 11) is 0. The fourth-order valence-electron chi connectivity index (χ4n) is 1.93. The van der Waals surface area contributed by atoms with Crippen molar-refractivity contribution in [2.24, 2.45) is 10.8 Å². The first-order chi connectivity index (χ1) is 9.25. The third-order valence-corrected chi connectivity index (χ3v) is 3.86. The molecule has 0 fully saturated rings. The van der Waals surface area contributed by atoms with Gasteiger partial charge in [-0.25, -0.2) is 10.8 Å². The molecule has 0 radical (unpaired) electrons. The molecule has 0 aromatic carbocycles. The van der Waals surface area contributed by atoms with E-state index in [4.69, 9.17) is 5.84 Å². The number of rotatable bonds is 1. The van der Waals surface area contributed by atoms with E-state index in [2.05, 4.69) is 20.6 Å². The van der Waals surface area contributed by atoms with Crippen molar-refractivity contribution in [3.8, 4) is 0 Å². The van der Waals surface area contributed by atoms with Gasteiger partial charge in [-0.2, -0.15) is 0 Å². The van der Waals surface area contributed by atoms with Crippen LogP contribution in [0.25, 0.3) is 0 Å². The molecule has 0 saturated carbocycles. The quantitative estimate of drug-likeness (QED) is 0.552. The molecule has 5 N–H and O–H groups in total. The molecule has 7 nitrogen and oxygen atoms in total. The van der Waals surface area contributed by atoms with E-state index in [0.717, 1.165) is 23.7 Å². The number of carbonyl (C=O) groups is 1. The molecule has 1 amide bonds. The largest absolute Gasteiger partial charge is 0.389 e. The maximum absolute atomic E-state index is 12.1. The van der Waals surface area contributed by atoms with Crippen molar-refractivity contribution in [3.05, 3.63) is 28.9 Å². The molecule has 2 aliphatic rings. The minimum absolute atomic E-state index is 0. The molecule has 0 aliphatic carbocycles. The van der Waals surface area contributed by atoms with E-state index in [1.54, 1.807) is 12.4 Å². The molecular formula is C11H15ClN6OS. The predicted octanol–water partition coefficient (Wildman–Crippen LogP) is 0.128. The lowest BCUT2D eigenvalue weighted by Crippen LogP contribution is -2.41. The number of H-pyrrole nitrogens is 1. The van der Waals surface area contributed by atoms with E-state index >= 15 is 0 Å². The lowest BCUT2D eigenvalue weighted by Gasteiger charge is -2.23. The van der Waals surface area contributed by atoms with Crippen LogP contribution >= 0.6 is 24.2 Å². The molecule has 9 heteroatoms. The van der Waals surface area contributed by atoms with Crippen LogP contribution in [0.4, 0.5) is 5.82 Å². The number of fused-ring (bicyclic) bond motifs is 1. The first kappa shape index (κ1) is 14.8. The number of carbonyl (C=O) groups excluding carboxylic acids is 1. The molecule has 0 bridgehead atoms. The molecule has 3 rings (SSSR count). The lowest BCUT2D eigenvalue weighted by molar-refractivity contribution is -0.115. The van der Waals surface area contributed by atoms with Gasteiger partial charge in [0.1, 0.15) is 18.3 Å². The lowest BCUT2D eigenvalue weighted by atomic mass is 10.2. The Morgan fingerprint density at radius 2 is 2.40 bits per heavy atom. The summed E-state index contributed by atoms with van der Waals surface area (Å²) in [6.45, 7) is 1.19. The Bertz CT molecular complexity index is 569. The second-order valence-corrected chi connectivity index (χ2v) is 5.26. The second kappa shape index (κ2) is 6.21. The van der Waals surface area contributed by atoms with Crippen LogP contribution in [0.3, 0.4) is 0 Å². The van der Waals surface area contributed by atoms with Gasteiger partial charge >= 0.3 is 0 Å². The molecule has 3 heterocycles. The third-order valence-electron chi connectivity index (χ3n) is 2.84. The first-order valence-corrected chi connectivity index (χ1v) is 6.86. The molecule has 0 unspecified atom stereocenters. The van der Waals surface area contributed by atoms with Gasteiger partial charge in [0.2, 0.25) is 0 Å². The summed E-state index contributed by atoms with van der Waals surface area (Å²) in [5, 5.41) is 7.39. The maximum Gasteiger partial charge on any atom is 0.264 e. The van der Waals surface area contributed by atoms with Crippen LogP contribution in [0.2, 0.25) is 0 Å². The Kier molecular flexibility index (Phi) is 4.58. The van der Waals surface area contributed by atoms with Gasteiger partial charge in [0.05, 0.1) is 10.5 Å².